The van der Waals surface area contributed by atoms with Crippen LogP contribution >= 0.6 is 0 Å². The van der Waals surface area contributed by atoms with E-state index in [-0.39, 0.29) is 5.78 Å². The van der Waals surface area contributed by atoms with E-state index in [4.69, 9.17) is 10.5 Å². The third kappa shape index (κ3) is 7.14. The Labute approximate surface area is 198 Å². The summed E-state index contributed by atoms with van der Waals surface area (Å²) in [7, 11) is 0. The van der Waals surface area contributed by atoms with Crippen LogP contribution in [0.4, 0.5) is 4.79 Å². The number of carbonyl (C=O) groups excluding carboxylic acids is 2. The van der Waals surface area contributed by atoms with Crippen molar-refractivity contribution in [3.8, 4) is 0 Å². The monoisotopic (exact) mass is 464 g/mol. The van der Waals surface area contributed by atoms with Gasteiger partial charge >= 0.3 is 6.09 Å². The van der Waals surface area contributed by atoms with E-state index < -0.39 is 17.7 Å². The van der Waals surface area contributed by atoms with Crippen molar-refractivity contribution in [2.24, 2.45) is 5.73 Å². The number of rotatable bonds is 6. The number of H-pyrrole nitrogens is 2. The molecule has 4 heterocycles. The molecular weight excluding hydrogens is 432 g/mol. The second kappa shape index (κ2) is 10.9. The Bertz CT molecular complexity index is 1190. The minimum Gasteiger partial charge on any atom is -0.444 e. The maximum atomic E-state index is 12.1. The quantitative estimate of drug-likeness (QED) is 0.340. The van der Waals surface area contributed by atoms with Crippen molar-refractivity contribution in [2.75, 3.05) is 0 Å². The van der Waals surface area contributed by atoms with Gasteiger partial charge in [-0.25, -0.2) is 4.79 Å². The molecule has 9 nitrogen and oxygen atoms in total. The summed E-state index contributed by atoms with van der Waals surface area (Å²) >= 11 is 0. The molecule has 1 amide bonds. The summed E-state index contributed by atoms with van der Waals surface area (Å²) in [6, 6.07) is 7.27. The Hall–Kier alpha value is -3.72. The molecule has 0 aromatic carbocycles. The predicted octanol–water partition coefficient (Wildman–Crippen LogP) is 4.00. The van der Waals surface area contributed by atoms with Crippen LogP contribution in [0, 0.1) is 0 Å². The number of carbonyl (C=O) groups is 2. The van der Waals surface area contributed by atoms with Gasteiger partial charge < -0.3 is 25.8 Å². The predicted molar refractivity (Wildman–Crippen MR) is 132 cm³/mol. The lowest BCUT2D eigenvalue weighted by atomic mass is 10.1. The second-order valence-electron chi connectivity index (χ2n) is 9.05. The van der Waals surface area contributed by atoms with Gasteiger partial charge in [-0.1, -0.05) is 0 Å². The topological polar surface area (TPSA) is 139 Å². The van der Waals surface area contributed by atoms with Crippen LogP contribution in [-0.4, -0.2) is 43.5 Å². The van der Waals surface area contributed by atoms with Crippen LogP contribution in [0.3, 0.4) is 0 Å². The van der Waals surface area contributed by atoms with Crippen LogP contribution in [-0.2, 0) is 22.5 Å². The molecule has 4 rings (SSSR count). The van der Waals surface area contributed by atoms with Gasteiger partial charge in [0.2, 0.25) is 0 Å². The van der Waals surface area contributed by atoms with Gasteiger partial charge in [0, 0.05) is 70.9 Å². The lowest BCUT2D eigenvalue weighted by Crippen LogP contribution is -2.41. The lowest BCUT2D eigenvalue weighted by Gasteiger charge is -2.21. The van der Waals surface area contributed by atoms with Crippen LogP contribution in [0.1, 0.15) is 45.5 Å². The lowest BCUT2D eigenvalue weighted by molar-refractivity contribution is -0.120. The molecule has 9 heteroatoms. The van der Waals surface area contributed by atoms with E-state index in [0.717, 1.165) is 33.2 Å². The fourth-order valence-electron chi connectivity index (χ4n) is 3.35. The number of aromatic amines is 2. The van der Waals surface area contributed by atoms with Crippen molar-refractivity contribution < 1.29 is 14.3 Å². The number of amides is 1. The highest BCUT2D eigenvalue weighted by Crippen LogP contribution is 2.15. The summed E-state index contributed by atoms with van der Waals surface area (Å²) in [5.74, 6) is -0.0346. The van der Waals surface area contributed by atoms with Gasteiger partial charge in [-0.3, -0.25) is 14.8 Å². The number of aromatic nitrogens is 4. The van der Waals surface area contributed by atoms with E-state index in [2.05, 4.69) is 25.3 Å². The highest BCUT2D eigenvalue weighted by Gasteiger charge is 2.20. The standard InChI is InChI=1S/C17H23N3O3.C8H9N3/c1-11(19-16(22)23-17(2,3)4)15(21)6-5-13-9-12-10-18-8-7-14(12)20-13;9-4-7-3-6-5-10-2-1-8(6)11-7/h7-11,20H,5-6H2,1-4H3,(H,19,22);1-3,5,11H,4,9H2/t11-;/m0./s1. The van der Waals surface area contributed by atoms with Crippen LogP contribution < -0.4 is 11.1 Å². The first kappa shape index (κ1) is 24.9. The number of ketones is 1. The Morgan fingerprint density at radius 3 is 2.12 bits per heavy atom. The largest absolute Gasteiger partial charge is 0.444 e. The molecule has 0 unspecified atom stereocenters. The fourth-order valence-corrected chi connectivity index (χ4v) is 3.35. The fraction of sp³-hybridized carbons (Fsp3) is 0.360. The molecule has 5 N–H and O–H groups in total. The molecule has 34 heavy (non-hydrogen) atoms. The van der Waals surface area contributed by atoms with Crippen molar-refractivity contribution in [1.29, 1.82) is 0 Å². The molecule has 0 saturated carbocycles. The van der Waals surface area contributed by atoms with E-state index >= 15 is 0 Å². The Morgan fingerprint density at radius 2 is 1.59 bits per heavy atom. The average molecular weight is 465 g/mol. The van der Waals surface area contributed by atoms with Crippen molar-refractivity contribution >= 4 is 33.7 Å². The van der Waals surface area contributed by atoms with Crippen LogP contribution in [0.2, 0.25) is 0 Å². The third-order valence-corrected chi connectivity index (χ3v) is 5.03. The number of nitrogens with zero attached hydrogens (tertiary/aromatic N) is 2. The molecule has 0 saturated heterocycles. The molecular formula is C25H32N6O3. The maximum Gasteiger partial charge on any atom is 0.408 e. The van der Waals surface area contributed by atoms with E-state index in [9.17, 15) is 9.59 Å². The number of aryl methyl sites for hydroxylation is 1. The van der Waals surface area contributed by atoms with Gasteiger partial charge in [0.15, 0.2) is 5.78 Å². The second-order valence-corrected chi connectivity index (χ2v) is 9.05. The molecule has 0 aliphatic rings. The van der Waals surface area contributed by atoms with Crippen molar-refractivity contribution in [3.05, 3.63) is 60.4 Å². The summed E-state index contributed by atoms with van der Waals surface area (Å²) in [5, 5.41) is 4.71. The van der Waals surface area contributed by atoms with Crippen molar-refractivity contribution in [1.82, 2.24) is 25.3 Å². The van der Waals surface area contributed by atoms with Crippen molar-refractivity contribution in [2.45, 2.75) is 58.7 Å². The number of nitrogens with two attached hydrogens (primary N) is 1. The van der Waals surface area contributed by atoms with Crippen LogP contribution in [0.5, 0.6) is 0 Å². The first-order valence-corrected chi connectivity index (χ1v) is 11.2. The smallest absolute Gasteiger partial charge is 0.408 e. The number of fused-ring (bicyclic) bond motifs is 2. The highest BCUT2D eigenvalue weighted by atomic mass is 16.6. The molecule has 1 atom stereocenters. The highest BCUT2D eigenvalue weighted by molar-refractivity contribution is 5.87. The first-order valence-electron chi connectivity index (χ1n) is 11.2. The van der Waals surface area contributed by atoms with E-state index in [1.807, 2.05) is 30.5 Å². The molecule has 0 radical (unpaired) electrons. The minimum atomic E-state index is -0.578. The third-order valence-electron chi connectivity index (χ3n) is 5.03. The molecule has 180 valence electrons. The zero-order chi connectivity index (χ0) is 24.7. The van der Waals surface area contributed by atoms with E-state index in [0.29, 0.717) is 19.4 Å². The maximum absolute atomic E-state index is 12.1. The van der Waals surface area contributed by atoms with Crippen molar-refractivity contribution in [3.63, 3.8) is 0 Å². The zero-order valence-corrected chi connectivity index (χ0v) is 20.0. The molecule has 0 aliphatic carbocycles. The zero-order valence-electron chi connectivity index (χ0n) is 20.0. The number of pyridine rings is 2. The molecule has 0 aliphatic heterocycles. The van der Waals surface area contributed by atoms with E-state index in [1.165, 1.54) is 0 Å². The first-order chi connectivity index (χ1) is 16.1. The number of alkyl carbamates (subject to hydrolysis) is 1. The average Bonchev–Trinajstić information content (AvgIpc) is 3.39. The molecule has 4 aromatic rings. The van der Waals surface area contributed by atoms with Gasteiger partial charge in [0.05, 0.1) is 6.04 Å². The van der Waals surface area contributed by atoms with Gasteiger partial charge in [-0.2, -0.15) is 0 Å². The SMILES string of the molecule is C[C@H](NC(=O)OC(C)(C)C)C(=O)CCc1cc2cnccc2[nH]1.NCc1cc2cnccc2[nH]1. The molecule has 0 fully saturated rings. The molecule has 0 bridgehead atoms. The number of nitrogens with one attached hydrogen (secondary N) is 3. The molecule has 0 spiro atoms. The Kier molecular flexibility index (Phi) is 8.01. The summed E-state index contributed by atoms with van der Waals surface area (Å²) in [5.41, 5.74) is 9.01. The number of ether oxygens (including phenoxy) is 1. The Balaban J connectivity index is 0.000000243. The number of hydrogen-bond acceptors (Lipinski definition) is 6. The van der Waals surface area contributed by atoms with Gasteiger partial charge in [0.25, 0.3) is 0 Å². The van der Waals surface area contributed by atoms with Gasteiger partial charge in [0.1, 0.15) is 5.60 Å². The van der Waals surface area contributed by atoms with Gasteiger partial charge in [-0.05, 0) is 58.4 Å². The molecule has 4 aromatic heterocycles. The Morgan fingerprint density at radius 1 is 1.03 bits per heavy atom. The van der Waals surface area contributed by atoms with Gasteiger partial charge in [-0.15, -0.1) is 0 Å². The normalized spacial score (nSPS) is 12.1. The number of hydrogen-bond donors (Lipinski definition) is 4. The summed E-state index contributed by atoms with van der Waals surface area (Å²) < 4.78 is 5.15. The minimum absolute atomic E-state index is 0.0346. The van der Waals surface area contributed by atoms with Crippen LogP contribution in [0.25, 0.3) is 21.8 Å². The van der Waals surface area contributed by atoms with E-state index in [1.54, 1.807) is 46.3 Å². The summed E-state index contributed by atoms with van der Waals surface area (Å²) in [6.07, 6.45) is 7.45. The van der Waals surface area contributed by atoms with Crippen LogP contribution in [0.15, 0.2) is 49.1 Å². The summed E-state index contributed by atoms with van der Waals surface area (Å²) in [4.78, 5) is 38.3. The summed E-state index contributed by atoms with van der Waals surface area (Å²) in [6.45, 7) is 7.56. The number of Topliss-reactive ketones (excluding diaryl/α,β-unsaturated/α-hetero) is 1.